The van der Waals surface area contributed by atoms with Crippen LogP contribution in [0.4, 0.5) is 10.7 Å². The number of ether oxygens (including phenoxy) is 1. The van der Waals surface area contributed by atoms with Crippen molar-refractivity contribution in [2.75, 3.05) is 23.0 Å². The first-order chi connectivity index (χ1) is 19.0. The Hall–Kier alpha value is -2.52. The number of halogens is 2. The molecule has 0 fully saturated rings. The van der Waals surface area contributed by atoms with Gasteiger partial charge in [0.2, 0.25) is 5.91 Å². The minimum Gasteiger partial charge on any atom is -0.462 e. The van der Waals surface area contributed by atoms with Crippen LogP contribution in [0, 0.1) is 11.3 Å². The van der Waals surface area contributed by atoms with Gasteiger partial charge in [-0.3, -0.25) is 9.59 Å². The standard InChI is InChI=1S/C30H32Cl2N2O4S2/c1-5-38-29(37)26-22-11-9-17(30(2,3)4)13-24(22)40-28(26)34-25(35)16-39-20-8-6-7-19(15-20)33-27(36)21-12-10-18(31)14-23(21)32/h6-8,10,12,14-15,17H,5,9,11,13,16H2,1-4H3,(H,33,36)(H,34,35). The van der Waals surface area contributed by atoms with Gasteiger partial charge in [0.15, 0.2) is 0 Å². The zero-order chi connectivity index (χ0) is 29.0. The molecule has 0 aliphatic heterocycles. The fourth-order valence-corrected chi connectivity index (χ4v) is 7.26. The number of amides is 2. The highest BCUT2D eigenvalue weighted by molar-refractivity contribution is 8.00. The highest BCUT2D eigenvalue weighted by Gasteiger charge is 2.34. The Bertz CT molecular complexity index is 1430. The SMILES string of the molecule is CCOC(=O)c1c(NC(=O)CSc2cccc(NC(=O)c3ccc(Cl)cc3Cl)c2)sc2c1CCC(C(C)(C)C)C2. The van der Waals surface area contributed by atoms with E-state index >= 15 is 0 Å². The van der Waals surface area contributed by atoms with E-state index in [2.05, 4.69) is 31.4 Å². The van der Waals surface area contributed by atoms with Gasteiger partial charge < -0.3 is 15.4 Å². The maximum atomic E-state index is 13.0. The van der Waals surface area contributed by atoms with E-state index in [0.717, 1.165) is 34.6 Å². The van der Waals surface area contributed by atoms with Gasteiger partial charge in [0.25, 0.3) is 5.91 Å². The van der Waals surface area contributed by atoms with Crippen LogP contribution in [0.15, 0.2) is 47.4 Å². The number of anilines is 2. The summed E-state index contributed by atoms with van der Waals surface area (Å²) in [5, 5.41) is 7.07. The molecule has 1 atom stereocenters. The van der Waals surface area contributed by atoms with E-state index in [1.54, 1.807) is 37.3 Å². The normalized spacial score (nSPS) is 14.8. The van der Waals surface area contributed by atoms with Gasteiger partial charge in [-0.25, -0.2) is 4.79 Å². The van der Waals surface area contributed by atoms with Crippen molar-refractivity contribution in [1.29, 1.82) is 0 Å². The molecule has 212 valence electrons. The Morgan fingerprint density at radius 2 is 1.88 bits per heavy atom. The van der Waals surface area contributed by atoms with Gasteiger partial charge in [0.05, 0.1) is 28.5 Å². The summed E-state index contributed by atoms with van der Waals surface area (Å²) in [6.07, 6.45) is 2.69. The Morgan fingerprint density at radius 3 is 2.58 bits per heavy atom. The molecule has 6 nitrogen and oxygen atoms in total. The number of thioether (sulfide) groups is 1. The quantitative estimate of drug-likeness (QED) is 0.196. The number of fused-ring (bicyclic) bond motifs is 1. The monoisotopic (exact) mass is 618 g/mol. The Labute approximate surface area is 253 Å². The molecule has 1 unspecified atom stereocenters. The number of nitrogens with one attached hydrogen (secondary N) is 2. The second-order valence-electron chi connectivity index (χ2n) is 10.7. The molecular formula is C30H32Cl2N2O4S2. The van der Waals surface area contributed by atoms with E-state index in [1.165, 1.54) is 29.2 Å². The first-order valence-corrected chi connectivity index (χ1v) is 15.6. The molecule has 0 saturated carbocycles. The van der Waals surface area contributed by atoms with Crippen LogP contribution in [-0.4, -0.2) is 30.1 Å². The molecule has 1 heterocycles. The van der Waals surface area contributed by atoms with Crippen molar-refractivity contribution in [3.63, 3.8) is 0 Å². The van der Waals surface area contributed by atoms with Gasteiger partial charge in [-0.15, -0.1) is 23.1 Å². The number of hydrogen-bond donors (Lipinski definition) is 2. The van der Waals surface area contributed by atoms with E-state index in [9.17, 15) is 14.4 Å². The average Bonchev–Trinajstić information content (AvgIpc) is 3.24. The smallest absolute Gasteiger partial charge is 0.341 e. The largest absolute Gasteiger partial charge is 0.462 e. The van der Waals surface area contributed by atoms with Gasteiger partial charge >= 0.3 is 5.97 Å². The van der Waals surface area contributed by atoms with E-state index < -0.39 is 0 Å². The number of esters is 1. The summed E-state index contributed by atoms with van der Waals surface area (Å²) < 4.78 is 5.35. The molecule has 2 aromatic carbocycles. The molecule has 0 saturated heterocycles. The van der Waals surface area contributed by atoms with Crippen LogP contribution in [0.5, 0.6) is 0 Å². The molecule has 2 amide bonds. The van der Waals surface area contributed by atoms with Gasteiger partial charge in [-0.2, -0.15) is 0 Å². The number of carbonyl (C=O) groups excluding carboxylic acids is 3. The number of thiophene rings is 1. The molecule has 40 heavy (non-hydrogen) atoms. The Balaban J connectivity index is 1.43. The number of carbonyl (C=O) groups is 3. The summed E-state index contributed by atoms with van der Waals surface area (Å²) in [4.78, 5) is 40.5. The van der Waals surface area contributed by atoms with Crippen molar-refractivity contribution in [2.24, 2.45) is 11.3 Å². The van der Waals surface area contributed by atoms with Crippen molar-refractivity contribution in [1.82, 2.24) is 0 Å². The van der Waals surface area contributed by atoms with Crippen molar-refractivity contribution in [3.05, 3.63) is 74.1 Å². The number of hydrogen-bond acceptors (Lipinski definition) is 6. The molecule has 1 aliphatic rings. The minimum absolute atomic E-state index is 0.135. The fraction of sp³-hybridized carbons (Fsp3) is 0.367. The predicted octanol–water partition coefficient (Wildman–Crippen LogP) is 8.37. The Morgan fingerprint density at radius 1 is 1.10 bits per heavy atom. The summed E-state index contributed by atoms with van der Waals surface area (Å²) in [5.41, 5.74) is 2.56. The van der Waals surface area contributed by atoms with Gasteiger partial charge in [-0.05, 0) is 79.5 Å². The van der Waals surface area contributed by atoms with Crippen LogP contribution in [-0.2, 0) is 22.4 Å². The number of rotatable bonds is 8. The van der Waals surface area contributed by atoms with Crippen molar-refractivity contribution >= 4 is 74.8 Å². The summed E-state index contributed by atoms with van der Waals surface area (Å²) in [6.45, 7) is 8.79. The third-order valence-electron chi connectivity index (χ3n) is 6.86. The number of benzene rings is 2. The molecule has 3 aromatic rings. The third kappa shape index (κ3) is 7.40. The van der Waals surface area contributed by atoms with Crippen molar-refractivity contribution in [3.8, 4) is 0 Å². The zero-order valence-corrected chi connectivity index (χ0v) is 26.0. The van der Waals surface area contributed by atoms with Crippen LogP contribution >= 0.6 is 46.3 Å². The van der Waals surface area contributed by atoms with E-state index in [0.29, 0.717) is 32.8 Å². The van der Waals surface area contributed by atoms with Gasteiger partial charge in [-0.1, -0.05) is 50.0 Å². The molecule has 4 rings (SSSR count). The van der Waals surface area contributed by atoms with Crippen LogP contribution < -0.4 is 10.6 Å². The van der Waals surface area contributed by atoms with Gasteiger partial charge in [0.1, 0.15) is 5.00 Å². The first-order valence-electron chi connectivity index (χ1n) is 13.1. The predicted molar refractivity (Wildman–Crippen MR) is 165 cm³/mol. The fourth-order valence-electron chi connectivity index (χ4n) is 4.68. The minimum atomic E-state index is -0.388. The highest BCUT2D eigenvalue weighted by atomic mass is 35.5. The highest BCUT2D eigenvalue weighted by Crippen LogP contribution is 2.44. The maximum Gasteiger partial charge on any atom is 0.341 e. The maximum absolute atomic E-state index is 13.0. The first kappa shape index (κ1) is 30.4. The lowest BCUT2D eigenvalue weighted by Gasteiger charge is -2.33. The topological polar surface area (TPSA) is 84.5 Å². The summed E-state index contributed by atoms with van der Waals surface area (Å²) in [6, 6.07) is 11.9. The van der Waals surface area contributed by atoms with Crippen LogP contribution in [0.25, 0.3) is 0 Å². The van der Waals surface area contributed by atoms with E-state index in [1.807, 2.05) is 6.07 Å². The molecule has 0 radical (unpaired) electrons. The van der Waals surface area contributed by atoms with Crippen molar-refractivity contribution < 1.29 is 19.1 Å². The lowest BCUT2D eigenvalue weighted by molar-refractivity contribution is -0.113. The van der Waals surface area contributed by atoms with Crippen LogP contribution in [0.1, 0.15) is 65.3 Å². The lowest BCUT2D eigenvalue weighted by atomic mass is 9.72. The van der Waals surface area contributed by atoms with Gasteiger partial charge in [0, 0.05) is 20.5 Å². The zero-order valence-electron chi connectivity index (χ0n) is 22.9. The molecule has 2 N–H and O–H groups in total. The molecule has 0 spiro atoms. The average molecular weight is 620 g/mol. The van der Waals surface area contributed by atoms with E-state index in [4.69, 9.17) is 27.9 Å². The van der Waals surface area contributed by atoms with Crippen LogP contribution in [0.3, 0.4) is 0 Å². The van der Waals surface area contributed by atoms with Crippen molar-refractivity contribution in [2.45, 2.75) is 51.9 Å². The molecule has 0 bridgehead atoms. The second-order valence-corrected chi connectivity index (χ2v) is 13.7. The Kier molecular flexibility index (Phi) is 9.88. The molecular weight excluding hydrogens is 587 g/mol. The summed E-state index contributed by atoms with van der Waals surface area (Å²) >= 11 is 14.9. The summed E-state index contributed by atoms with van der Waals surface area (Å²) in [5.74, 6) is -0.319. The second kappa shape index (κ2) is 13.0. The van der Waals surface area contributed by atoms with E-state index in [-0.39, 0.29) is 40.6 Å². The summed E-state index contributed by atoms with van der Waals surface area (Å²) in [7, 11) is 0. The van der Waals surface area contributed by atoms with Crippen LogP contribution in [0.2, 0.25) is 10.0 Å². The lowest BCUT2D eigenvalue weighted by Crippen LogP contribution is -2.26. The molecule has 1 aromatic heterocycles. The molecule has 1 aliphatic carbocycles. The molecule has 10 heteroatoms. The third-order valence-corrected chi connectivity index (χ3v) is 9.57.